The van der Waals surface area contributed by atoms with Gasteiger partial charge in [0.2, 0.25) is 5.91 Å². The summed E-state index contributed by atoms with van der Waals surface area (Å²) >= 11 is 0. The van der Waals surface area contributed by atoms with Crippen LogP contribution in [0.2, 0.25) is 0 Å². The molecule has 1 aromatic rings. The lowest BCUT2D eigenvalue weighted by atomic mass is 10.2. The molecule has 5 heteroatoms. The van der Waals surface area contributed by atoms with Crippen molar-refractivity contribution in [3.8, 4) is 11.8 Å². The molecule has 1 amide bonds. The fourth-order valence-electron chi connectivity index (χ4n) is 1.26. The number of nitrogens with two attached hydrogens (primary N) is 1. The summed E-state index contributed by atoms with van der Waals surface area (Å²) in [5.41, 5.74) is 5.51. The van der Waals surface area contributed by atoms with Crippen LogP contribution in [0, 0.1) is 11.8 Å². The summed E-state index contributed by atoms with van der Waals surface area (Å²) in [6.07, 6.45) is -0.0405. The topological polar surface area (TPSA) is 77.2 Å². The molecule has 0 aromatic heterocycles. The van der Waals surface area contributed by atoms with Crippen molar-refractivity contribution in [3.63, 3.8) is 0 Å². The van der Waals surface area contributed by atoms with Crippen LogP contribution in [0.5, 0.6) is 0 Å². The Labute approximate surface area is 107 Å². The maximum Gasteiger partial charge on any atom is 0.229 e. The van der Waals surface area contributed by atoms with Gasteiger partial charge in [-0.1, -0.05) is 17.9 Å². The van der Waals surface area contributed by atoms with Gasteiger partial charge < -0.3 is 5.73 Å². The van der Waals surface area contributed by atoms with Gasteiger partial charge in [0, 0.05) is 5.56 Å². The monoisotopic (exact) mass is 265 g/mol. The summed E-state index contributed by atoms with van der Waals surface area (Å²) in [6, 6.07) is 6.36. The van der Waals surface area contributed by atoms with Crippen molar-refractivity contribution in [1.29, 1.82) is 0 Å². The summed E-state index contributed by atoms with van der Waals surface area (Å²) < 4.78 is 23.9. The second kappa shape index (κ2) is 5.69. The van der Waals surface area contributed by atoms with Gasteiger partial charge in [-0.25, -0.2) is 8.42 Å². The van der Waals surface area contributed by atoms with Crippen molar-refractivity contribution in [2.24, 2.45) is 5.73 Å². The number of primary amides is 1. The normalized spacial score (nSPS) is 10.8. The van der Waals surface area contributed by atoms with Gasteiger partial charge in [0.15, 0.2) is 9.84 Å². The van der Waals surface area contributed by atoms with Crippen molar-refractivity contribution in [2.45, 2.75) is 30.4 Å². The van der Waals surface area contributed by atoms with Gasteiger partial charge in [-0.3, -0.25) is 4.79 Å². The highest BCUT2D eigenvalue weighted by Gasteiger charge is 2.18. The van der Waals surface area contributed by atoms with Gasteiger partial charge in [0.1, 0.15) is 0 Å². The molecule has 2 N–H and O–H groups in total. The minimum Gasteiger partial charge on any atom is -0.369 e. The number of rotatable bonds is 3. The van der Waals surface area contributed by atoms with E-state index in [9.17, 15) is 13.2 Å². The quantitative estimate of drug-likeness (QED) is 0.831. The average molecular weight is 265 g/mol. The second-order valence-corrected chi connectivity index (χ2v) is 6.57. The zero-order valence-electron chi connectivity index (χ0n) is 10.3. The van der Waals surface area contributed by atoms with E-state index >= 15 is 0 Å². The summed E-state index contributed by atoms with van der Waals surface area (Å²) in [5.74, 6) is 4.80. The molecule has 4 nitrogen and oxygen atoms in total. The second-order valence-electron chi connectivity index (χ2n) is 4.07. The first kappa shape index (κ1) is 14.3. The molecule has 0 bridgehead atoms. The Balaban J connectivity index is 3.06. The Hall–Kier alpha value is -1.80. The number of amides is 1. The molecule has 0 saturated carbocycles. The molecular formula is C13H15NO3S. The molecule has 0 heterocycles. The van der Waals surface area contributed by atoms with Crippen LogP contribution in [0.4, 0.5) is 0 Å². The van der Waals surface area contributed by atoms with Gasteiger partial charge >= 0.3 is 0 Å². The number of hydrogen-bond donors (Lipinski definition) is 1. The van der Waals surface area contributed by atoms with Crippen LogP contribution in [0.15, 0.2) is 29.2 Å². The SMILES string of the molecule is CC(C)S(=O)(=O)c1cccc(C#CCC(N)=O)c1. The predicted molar refractivity (Wildman–Crippen MR) is 69.5 cm³/mol. The van der Waals surface area contributed by atoms with Crippen molar-refractivity contribution in [3.05, 3.63) is 29.8 Å². The number of sulfone groups is 1. The smallest absolute Gasteiger partial charge is 0.229 e. The minimum absolute atomic E-state index is 0.0405. The molecule has 0 fully saturated rings. The molecule has 96 valence electrons. The first-order valence-electron chi connectivity index (χ1n) is 5.45. The van der Waals surface area contributed by atoms with Crippen molar-refractivity contribution in [1.82, 2.24) is 0 Å². The molecule has 0 atom stereocenters. The Morgan fingerprint density at radius 1 is 1.39 bits per heavy atom. The third kappa shape index (κ3) is 3.60. The fourth-order valence-corrected chi connectivity index (χ4v) is 2.36. The van der Waals surface area contributed by atoms with Crippen molar-refractivity contribution in [2.75, 3.05) is 0 Å². The highest BCUT2D eigenvalue weighted by atomic mass is 32.2. The van der Waals surface area contributed by atoms with E-state index in [0.29, 0.717) is 5.56 Å². The molecule has 1 rings (SSSR count). The van der Waals surface area contributed by atoms with Gasteiger partial charge in [-0.15, -0.1) is 0 Å². The lowest BCUT2D eigenvalue weighted by molar-refractivity contribution is -0.117. The van der Waals surface area contributed by atoms with Crippen LogP contribution >= 0.6 is 0 Å². The highest BCUT2D eigenvalue weighted by Crippen LogP contribution is 2.16. The van der Waals surface area contributed by atoms with E-state index in [4.69, 9.17) is 5.73 Å². The van der Waals surface area contributed by atoms with Crippen LogP contribution in [-0.2, 0) is 14.6 Å². The van der Waals surface area contributed by atoms with Crippen LogP contribution in [-0.4, -0.2) is 19.6 Å². The molecule has 0 aliphatic rings. The summed E-state index contributed by atoms with van der Waals surface area (Å²) in [4.78, 5) is 10.8. The maximum absolute atomic E-state index is 11.9. The average Bonchev–Trinajstić information content (AvgIpc) is 2.28. The lowest BCUT2D eigenvalue weighted by Crippen LogP contribution is -2.13. The van der Waals surface area contributed by atoms with Crippen LogP contribution in [0.3, 0.4) is 0 Å². The third-order valence-electron chi connectivity index (χ3n) is 2.28. The number of benzene rings is 1. The third-order valence-corrected chi connectivity index (χ3v) is 4.43. The standard InChI is InChI=1S/C13H15NO3S/c1-10(2)18(16,17)12-7-3-5-11(9-12)6-4-8-13(14)15/h3,5,7,9-10H,8H2,1-2H3,(H2,14,15). The van der Waals surface area contributed by atoms with E-state index in [1.54, 1.807) is 26.0 Å². The number of carbonyl (C=O) groups excluding carboxylic acids is 1. The van der Waals surface area contributed by atoms with Crippen molar-refractivity contribution < 1.29 is 13.2 Å². The summed E-state index contributed by atoms with van der Waals surface area (Å²) in [5, 5.41) is -0.480. The van der Waals surface area contributed by atoms with Crippen LogP contribution in [0.25, 0.3) is 0 Å². The minimum atomic E-state index is -3.30. The molecular weight excluding hydrogens is 250 g/mol. The molecule has 0 unspecified atom stereocenters. The zero-order valence-corrected chi connectivity index (χ0v) is 11.1. The summed E-state index contributed by atoms with van der Waals surface area (Å²) in [6.45, 7) is 3.25. The maximum atomic E-state index is 11.9. The van der Waals surface area contributed by atoms with Gasteiger partial charge in [-0.05, 0) is 32.0 Å². The molecule has 0 aliphatic heterocycles. The fraction of sp³-hybridized carbons (Fsp3) is 0.308. The molecule has 0 radical (unpaired) electrons. The van der Waals surface area contributed by atoms with E-state index < -0.39 is 21.0 Å². The van der Waals surface area contributed by atoms with E-state index in [1.807, 2.05) is 0 Å². The Morgan fingerprint density at radius 2 is 2.06 bits per heavy atom. The van der Waals surface area contributed by atoms with Crippen LogP contribution < -0.4 is 5.73 Å². The van der Waals surface area contributed by atoms with Crippen molar-refractivity contribution >= 4 is 15.7 Å². The van der Waals surface area contributed by atoms with E-state index in [1.165, 1.54) is 12.1 Å². The molecule has 0 spiro atoms. The molecule has 18 heavy (non-hydrogen) atoms. The van der Waals surface area contributed by atoms with Gasteiger partial charge in [-0.2, -0.15) is 0 Å². The predicted octanol–water partition coefficient (Wildman–Crippen LogP) is 1.10. The number of hydrogen-bond acceptors (Lipinski definition) is 3. The van der Waals surface area contributed by atoms with Crippen LogP contribution in [0.1, 0.15) is 25.8 Å². The van der Waals surface area contributed by atoms with E-state index in [2.05, 4.69) is 11.8 Å². The molecule has 0 saturated heterocycles. The number of carbonyl (C=O) groups is 1. The van der Waals surface area contributed by atoms with E-state index in [0.717, 1.165) is 0 Å². The summed E-state index contributed by atoms with van der Waals surface area (Å²) in [7, 11) is -3.30. The first-order valence-corrected chi connectivity index (χ1v) is 7.00. The first-order chi connectivity index (χ1) is 8.34. The highest BCUT2D eigenvalue weighted by molar-refractivity contribution is 7.92. The molecule has 1 aromatic carbocycles. The Morgan fingerprint density at radius 3 is 2.61 bits per heavy atom. The van der Waals surface area contributed by atoms with E-state index in [-0.39, 0.29) is 11.3 Å². The lowest BCUT2D eigenvalue weighted by Gasteiger charge is -2.07. The molecule has 0 aliphatic carbocycles. The van der Waals surface area contributed by atoms with Gasteiger partial charge in [0.25, 0.3) is 0 Å². The van der Waals surface area contributed by atoms with Gasteiger partial charge in [0.05, 0.1) is 16.6 Å². The Kier molecular flexibility index (Phi) is 4.51. The zero-order chi connectivity index (χ0) is 13.8. The Bertz CT molecular complexity index is 607. The largest absolute Gasteiger partial charge is 0.369 e.